The molecule has 0 unspecified atom stereocenters. The van der Waals surface area contributed by atoms with Gasteiger partial charge in [0, 0.05) is 17.5 Å². The normalized spacial score (nSPS) is 24.8. The van der Waals surface area contributed by atoms with Crippen molar-refractivity contribution in [2.75, 3.05) is 0 Å². The van der Waals surface area contributed by atoms with E-state index in [2.05, 4.69) is 18.2 Å². The predicted octanol–water partition coefficient (Wildman–Crippen LogP) is 2.92. The fourth-order valence-electron chi connectivity index (χ4n) is 3.08. The van der Waals surface area contributed by atoms with E-state index >= 15 is 0 Å². The Labute approximate surface area is 117 Å². The molecular formula is C16H16N2O2. The molecule has 102 valence electrons. The number of fused-ring (bicyclic) bond motifs is 1. The number of benzene rings is 1. The molecule has 0 saturated heterocycles. The summed E-state index contributed by atoms with van der Waals surface area (Å²) in [5.74, 6) is 1.15. The molecule has 20 heavy (non-hydrogen) atoms. The van der Waals surface area contributed by atoms with Crippen LogP contribution in [-0.2, 0) is 0 Å². The number of hydrogen-bond acceptors (Lipinski definition) is 4. The number of nitrogens with zero attached hydrogens (tertiary/aromatic N) is 1. The molecule has 2 aliphatic rings. The van der Waals surface area contributed by atoms with Gasteiger partial charge < -0.3 is 15.6 Å². The quantitative estimate of drug-likeness (QED) is 0.767. The van der Waals surface area contributed by atoms with E-state index in [0.29, 0.717) is 17.2 Å². The number of phenols is 1. The van der Waals surface area contributed by atoms with Crippen LogP contribution >= 0.6 is 0 Å². The lowest BCUT2D eigenvalue weighted by Crippen LogP contribution is -2.25. The lowest BCUT2D eigenvalue weighted by atomic mass is 9.74. The average Bonchev–Trinajstić information content (AvgIpc) is 2.46. The van der Waals surface area contributed by atoms with Gasteiger partial charge >= 0.3 is 0 Å². The van der Waals surface area contributed by atoms with Crippen LogP contribution in [0.3, 0.4) is 0 Å². The number of ether oxygens (including phenoxy) is 1. The Balaban J connectivity index is 2.09. The number of nitrogens with two attached hydrogens (primary N) is 1. The van der Waals surface area contributed by atoms with Gasteiger partial charge in [-0.15, -0.1) is 0 Å². The highest BCUT2D eigenvalue weighted by atomic mass is 16.5. The van der Waals surface area contributed by atoms with Crippen molar-refractivity contribution in [3.8, 4) is 17.6 Å². The van der Waals surface area contributed by atoms with Gasteiger partial charge in [-0.1, -0.05) is 18.2 Å². The Morgan fingerprint density at radius 3 is 2.90 bits per heavy atom. The maximum absolute atomic E-state index is 9.58. The second kappa shape index (κ2) is 4.93. The number of allylic oxidation sites excluding steroid dienone is 3. The summed E-state index contributed by atoms with van der Waals surface area (Å²) in [4.78, 5) is 0. The zero-order chi connectivity index (χ0) is 14.1. The number of rotatable bonds is 1. The topological polar surface area (TPSA) is 79.3 Å². The second-order valence-electron chi connectivity index (χ2n) is 5.24. The van der Waals surface area contributed by atoms with Crippen molar-refractivity contribution in [3.05, 3.63) is 47.4 Å². The zero-order valence-corrected chi connectivity index (χ0v) is 11.0. The maximum Gasteiger partial charge on any atom is 0.205 e. The molecule has 3 rings (SSSR count). The van der Waals surface area contributed by atoms with Crippen LogP contribution < -0.4 is 10.5 Å². The molecular weight excluding hydrogens is 252 g/mol. The van der Waals surface area contributed by atoms with Crippen LogP contribution in [0.4, 0.5) is 0 Å². The summed E-state index contributed by atoms with van der Waals surface area (Å²) in [5.41, 5.74) is 7.33. The Morgan fingerprint density at radius 1 is 1.35 bits per heavy atom. The van der Waals surface area contributed by atoms with Gasteiger partial charge in [-0.05, 0) is 31.2 Å². The molecule has 0 radical (unpaired) electrons. The molecule has 0 saturated carbocycles. The van der Waals surface area contributed by atoms with Gasteiger partial charge in [-0.2, -0.15) is 5.26 Å². The third kappa shape index (κ3) is 2.01. The number of phenolic OH excluding ortho intramolecular Hbond substituents is 1. The number of nitriles is 1. The first-order valence-corrected chi connectivity index (χ1v) is 6.76. The molecule has 0 fully saturated rings. The SMILES string of the molecule is N#CC1=C(N)Oc2cc(O)ccc2[C@@H]1[C@@H]1CC=CCC1. The van der Waals surface area contributed by atoms with E-state index < -0.39 is 0 Å². The molecule has 1 aliphatic carbocycles. The van der Waals surface area contributed by atoms with Crippen LogP contribution in [0.1, 0.15) is 30.7 Å². The van der Waals surface area contributed by atoms with Crippen molar-refractivity contribution < 1.29 is 9.84 Å². The molecule has 1 aromatic carbocycles. The minimum Gasteiger partial charge on any atom is -0.508 e. The van der Waals surface area contributed by atoms with Gasteiger partial charge in [0.1, 0.15) is 17.6 Å². The number of hydrogen-bond donors (Lipinski definition) is 2. The highest BCUT2D eigenvalue weighted by Crippen LogP contribution is 2.46. The molecule has 1 aliphatic heterocycles. The summed E-state index contributed by atoms with van der Waals surface area (Å²) < 4.78 is 5.49. The van der Waals surface area contributed by atoms with Crippen molar-refractivity contribution in [2.24, 2.45) is 11.7 Å². The molecule has 1 aromatic rings. The summed E-state index contributed by atoms with van der Waals surface area (Å²) in [6.45, 7) is 0. The largest absolute Gasteiger partial charge is 0.508 e. The smallest absolute Gasteiger partial charge is 0.205 e. The summed E-state index contributed by atoms with van der Waals surface area (Å²) in [6.07, 6.45) is 7.32. The van der Waals surface area contributed by atoms with Gasteiger partial charge in [0.2, 0.25) is 5.88 Å². The van der Waals surface area contributed by atoms with Crippen molar-refractivity contribution >= 4 is 0 Å². The summed E-state index contributed by atoms with van der Waals surface area (Å²) in [5, 5.41) is 19.0. The first-order chi connectivity index (χ1) is 9.70. The molecule has 0 aromatic heterocycles. The summed E-state index contributed by atoms with van der Waals surface area (Å²) in [6, 6.07) is 7.22. The third-order valence-corrected chi connectivity index (χ3v) is 4.03. The van der Waals surface area contributed by atoms with Gasteiger partial charge in [-0.3, -0.25) is 0 Å². The average molecular weight is 268 g/mol. The van der Waals surface area contributed by atoms with Crippen LogP contribution in [0.15, 0.2) is 41.8 Å². The Morgan fingerprint density at radius 2 is 2.20 bits per heavy atom. The summed E-state index contributed by atoms with van der Waals surface area (Å²) in [7, 11) is 0. The predicted molar refractivity (Wildman–Crippen MR) is 74.8 cm³/mol. The van der Waals surface area contributed by atoms with Gasteiger partial charge in [-0.25, -0.2) is 0 Å². The van der Waals surface area contributed by atoms with Crippen LogP contribution in [0.25, 0.3) is 0 Å². The van der Waals surface area contributed by atoms with Crippen molar-refractivity contribution in [3.63, 3.8) is 0 Å². The van der Waals surface area contributed by atoms with E-state index in [1.165, 1.54) is 0 Å². The van der Waals surface area contributed by atoms with E-state index in [4.69, 9.17) is 10.5 Å². The summed E-state index contributed by atoms with van der Waals surface area (Å²) >= 11 is 0. The minimum atomic E-state index is -0.0469. The van der Waals surface area contributed by atoms with E-state index in [9.17, 15) is 10.4 Å². The molecule has 0 bridgehead atoms. The molecule has 4 nitrogen and oxygen atoms in total. The van der Waals surface area contributed by atoms with E-state index in [0.717, 1.165) is 24.8 Å². The Kier molecular flexibility index (Phi) is 3.11. The van der Waals surface area contributed by atoms with Gasteiger partial charge in [0.25, 0.3) is 0 Å². The highest BCUT2D eigenvalue weighted by Gasteiger charge is 2.35. The second-order valence-corrected chi connectivity index (χ2v) is 5.24. The van der Waals surface area contributed by atoms with Crippen molar-refractivity contribution in [1.29, 1.82) is 5.26 Å². The van der Waals surface area contributed by atoms with Crippen molar-refractivity contribution in [1.82, 2.24) is 0 Å². The first-order valence-electron chi connectivity index (χ1n) is 6.76. The fourth-order valence-corrected chi connectivity index (χ4v) is 3.08. The van der Waals surface area contributed by atoms with Crippen LogP contribution in [0.2, 0.25) is 0 Å². The third-order valence-electron chi connectivity index (χ3n) is 4.03. The van der Waals surface area contributed by atoms with E-state index in [1.54, 1.807) is 12.1 Å². The lowest BCUT2D eigenvalue weighted by Gasteiger charge is -2.32. The molecule has 2 atom stereocenters. The van der Waals surface area contributed by atoms with Crippen molar-refractivity contribution in [2.45, 2.75) is 25.2 Å². The van der Waals surface area contributed by atoms with E-state index in [1.807, 2.05) is 6.07 Å². The number of aromatic hydroxyl groups is 1. The Hall–Kier alpha value is -2.41. The standard InChI is InChI=1S/C16H16N2O2/c17-9-13-15(10-4-2-1-3-5-10)12-7-6-11(19)8-14(12)20-16(13)18/h1-2,6-8,10,15,19H,3-5,18H2/t10-,15+/m1/s1. The molecule has 3 N–H and O–H groups in total. The van der Waals surface area contributed by atoms with E-state index in [-0.39, 0.29) is 17.6 Å². The highest BCUT2D eigenvalue weighted by molar-refractivity contribution is 5.52. The molecule has 1 heterocycles. The zero-order valence-electron chi connectivity index (χ0n) is 11.0. The van der Waals surface area contributed by atoms with Crippen LogP contribution in [0, 0.1) is 17.2 Å². The monoisotopic (exact) mass is 268 g/mol. The molecule has 4 heteroatoms. The first kappa shape index (κ1) is 12.6. The molecule has 0 amide bonds. The maximum atomic E-state index is 9.58. The van der Waals surface area contributed by atoms with Gasteiger partial charge in [0.05, 0.1) is 5.57 Å². The van der Waals surface area contributed by atoms with Crippen LogP contribution in [-0.4, -0.2) is 5.11 Å². The Bertz CT molecular complexity index is 640. The minimum absolute atomic E-state index is 0.0469. The lowest BCUT2D eigenvalue weighted by molar-refractivity contribution is 0.345. The van der Waals surface area contributed by atoms with Gasteiger partial charge in [0.15, 0.2) is 0 Å². The fraction of sp³-hybridized carbons (Fsp3) is 0.312. The molecule has 0 spiro atoms. The van der Waals surface area contributed by atoms with Crippen LogP contribution in [0.5, 0.6) is 11.5 Å².